The molecule has 1 fully saturated rings. The number of likely N-dealkylation sites (tertiary alicyclic amines) is 1. The van der Waals surface area contributed by atoms with Gasteiger partial charge in [0.25, 0.3) is 0 Å². The zero-order valence-electron chi connectivity index (χ0n) is 9.92. The summed E-state index contributed by atoms with van der Waals surface area (Å²) in [5, 5.41) is 0. The van der Waals surface area contributed by atoms with E-state index in [4.69, 9.17) is 0 Å². The van der Waals surface area contributed by atoms with Crippen LogP contribution in [0.4, 0.5) is 0 Å². The monoisotopic (exact) mass is 203 g/mol. The van der Waals surface area contributed by atoms with Crippen LogP contribution in [0.25, 0.3) is 0 Å². The van der Waals surface area contributed by atoms with E-state index in [0.717, 1.165) is 6.54 Å². The maximum Gasteiger partial charge on any atom is 0.0233 e. The van der Waals surface area contributed by atoms with Gasteiger partial charge < -0.3 is 0 Å². The van der Waals surface area contributed by atoms with Crippen molar-refractivity contribution < 1.29 is 0 Å². The number of benzene rings is 1. The highest BCUT2D eigenvalue weighted by Crippen LogP contribution is 2.15. The van der Waals surface area contributed by atoms with Gasteiger partial charge in [-0.2, -0.15) is 0 Å². The molecule has 0 saturated carbocycles. The molecule has 0 aromatic heterocycles. The van der Waals surface area contributed by atoms with Crippen LogP contribution >= 0.6 is 0 Å². The summed E-state index contributed by atoms with van der Waals surface area (Å²) in [6, 6.07) is 6.86. The van der Waals surface area contributed by atoms with Crippen molar-refractivity contribution in [3.05, 3.63) is 34.9 Å². The van der Waals surface area contributed by atoms with Crippen molar-refractivity contribution in [1.82, 2.24) is 4.90 Å². The first kappa shape index (κ1) is 10.7. The number of hydrogen-bond donors (Lipinski definition) is 0. The van der Waals surface area contributed by atoms with E-state index in [-0.39, 0.29) is 0 Å². The molecule has 0 bridgehead atoms. The van der Waals surface area contributed by atoms with Crippen LogP contribution in [-0.2, 0) is 6.54 Å². The van der Waals surface area contributed by atoms with Crippen molar-refractivity contribution in [2.45, 2.75) is 39.7 Å². The Labute approximate surface area is 93.1 Å². The van der Waals surface area contributed by atoms with Gasteiger partial charge in [-0.05, 0) is 56.5 Å². The Kier molecular flexibility index (Phi) is 3.42. The molecule has 0 N–H and O–H groups in total. The molecule has 1 heterocycles. The molecule has 0 atom stereocenters. The molecule has 2 rings (SSSR count). The highest BCUT2D eigenvalue weighted by Gasteiger charge is 2.10. The van der Waals surface area contributed by atoms with Gasteiger partial charge in [-0.1, -0.05) is 24.6 Å². The molecule has 0 aliphatic carbocycles. The van der Waals surface area contributed by atoms with Gasteiger partial charge in [0.05, 0.1) is 0 Å². The lowest BCUT2D eigenvalue weighted by Gasteiger charge is -2.26. The molecule has 1 aromatic carbocycles. The van der Waals surface area contributed by atoms with E-state index in [9.17, 15) is 0 Å². The summed E-state index contributed by atoms with van der Waals surface area (Å²) < 4.78 is 0. The Morgan fingerprint density at radius 2 is 1.73 bits per heavy atom. The SMILES string of the molecule is Cc1ccc(CN2CCCCC2)cc1C. The van der Waals surface area contributed by atoms with E-state index in [1.54, 1.807) is 0 Å². The molecule has 1 aromatic rings. The lowest BCUT2D eigenvalue weighted by Crippen LogP contribution is -2.29. The average Bonchev–Trinajstić information content (AvgIpc) is 2.25. The zero-order valence-corrected chi connectivity index (χ0v) is 9.92. The first-order valence-corrected chi connectivity index (χ1v) is 6.04. The van der Waals surface area contributed by atoms with E-state index >= 15 is 0 Å². The molecule has 0 spiro atoms. The molecular formula is C14H21N. The molecule has 1 nitrogen and oxygen atoms in total. The standard InChI is InChI=1S/C14H21N/c1-12-6-7-14(10-13(12)2)11-15-8-4-3-5-9-15/h6-7,10H,3-5,8-9,11H2,1-2H3. The average molecular weight is 203 g/mol. The number of aryl methyl sites for hydroxylation is 2. The Bertz CT molecular complexity index is 324. The lowest BCUT2D eigenvalue weighted by molar-refractivity contribution is 0.221. The fourth-order valence-corrected chi connectivity index (χ4v) is 2.28. The summed E-state index contributed by atoms with van der Waals surface area (Å²) in [4.78, 5) is 2.58. The highest BCUT2D eigenvalue weighted by molar-refractivity contribution is 5.29. The quantitative estimate of drug-likeness (QED) is 0.713. The third-order valence-electron chi connectivity index (χ3n) is 3.43. The first-order valence-electron chi connectivity index (χ1n) is 6.04. The molecule has 0 unspecified atom stereocenters. The summed E-state index contributed by atoms with van der Waals surface area (Å²) in [6.07, 6.45) is 4.18. The van der Waals surface area contributed by atoms with Crippen LogP contribution in [0.5, 0.6) is 0 Å². The summed E-state index contributed by atoms with van der Waals surface area (Å²) in [6.45, 7) is 8.09. The van der Waals surface area contributed by atoms with Gasteiger partial charge >= 0.3 is 0 Å². The summed E-state index contributed by atoms with van der Waals surface area (Å²) in [7, 11) is 0. The molecule has 1 saturated heterocycles. The van der Waals surface area contributed by atoms with E-state index in [0.29, 0.717) is 0 Å². The third-order valence-corrected chi connectivity index (χ3v) is 3.43. The normalized spacial score (nSPS) is 18.0. The van der Waals surface area contributed by atoms with Crippen molar-refractivity contribution in [2.24, 2.45) is 0 Å². The van der Waals surface area contributed by atoms with Crippen molar-refractivity contribution in [3.8, 4) is 0 Å². The Hall–Kier alpha value is -0.820. The van der Waals surface area contributed by atoms with Crippen LogP contribution in [0.3, 0.4) is 0 Å². The highest BCUT2D eigenvalue weighted by atomic mass is 15.1. The van der Waals surface area contributed by atoms with Gasteiger partial charge in [-0.25, -0.2) is 0 Å². The van der Waals surface area contributed by atoms with Gasteiger partial charge in [0.15, 0.2) is 0 Å². The second-order valence-corrected chi connectivity index (χ2v) is 4.76. The molecular weight excluding hydrogens is 182 g/mol. The van der Waals surface area contributed by atoms with Gasteiger partial charge in [0, 0.05) is 6.54 Å². The number of rotatable bonds is 2. The van der Waals surface area contributed by atoms with Gasteiger partial charge in [-0.15, -0.1) is 0 Å². The fourth-order valence-electron chi connectivity index (χ4n) is 2.28. The van der Waals surface area contributed by atoms with Crippen LogP contribution in [-0.4, -0.2) is 18.0 Å². The largest absolute Gasteiger partial charge is 0.299 e. The van der Waals surface area contributed by atoms with Gasteiger partial charge in [0.2, 0.25) is 0 Å². The maximum absolute atomic E-state index is 2.58. The zero-order chi connectivity index (χ0) is 10.7. The fraction of sp³-hybridized carbons (Fsp3) is 0.571. The van der Waals surface area contributed by atoms with Crippen LogP contribution in [0.15, 0.2) is 18.2 Å². The third kappa shape index (κ3) is 2.82. The maximum atomic E-state index is 2.58. The Morgan fingerprint density at radius 1 is 1.00 bits per heavy atom. The molecule has 1 heteroatoms. The van der Waals surface area contributed by atoms with Crippen molar-refractivity contribution in [1.29, 1.82) is 0 Å². The van der Waals surface area contributed by atoms with Gasteiger partial charge in [-0.3, -0.25) is 4.90 Å². The summed E-state index contributed by atoms with van der Waals surface area (Å²) in [5.41, 5.74) is 4.29. The molecule has 0 amide bonds. The van der Waals surface area contributed by atoms with Crippen molar-refractivity contribution in [3.63, 3.8) is 0 Å². The predicted octanol–water partition coefficient (Wildman–Crippen LogP) is 3.29. The molecule has 0 radical (unpaired) electrons. The number of hydrogen-bond acceptors (Lipinski definition) is 1. The first-order chi connectivity index (χ1) is 7.25. The van der Waals surface area contributed by atoms with Crippen LogP contribution in [0.1, 0.15) is 36.0 Å². The molecule has 15 heavy (non-hydrogen) atoms. The minimum atomic E-state index is 1.14. The second kappa shape index (κ2) is 4.80. The summed E-state index contributed by atoms with van der Waals surface area (Å²) >= 11 is 0. The van der Waals surface area contributed by atoms with E-state index < -0.39 is 0 Å². The summed E-state index contributed by atoms with van der Waals surface area (Å²) in [5.74, 6) is 0. The molecule has 1 aliphatic rings. The smallest absolute Gasteiger partial charge is 0.0233 e. The van der Waals surface area contributed by atoms with Crippen molar-refractivity contribution in [2.75, 3.05) is 13.1 Å². The topological polar surface area (TPSA) is 3.24 Å². The Balaban J connectivity index is 2.00. The minimum absolute atomic E-state index is 1.14. The van der Waals surface area contributed by atoms with Crippen LogP contribution < -0.4 is 0 Å². The number of nitrogens with zero attached hydrogens (tertiary/aromatic N) is 1. The Morgan fingerprint density at radius 3 is 2.40 bits per heavy atom. The molecule has 1 aliphatic heterocycles. The van der Waals surface area contributed by atoms with Gasteiger partial charge in [0.1, 0.15) is 0 Å². The second-order valence-electron chi connectivity index (χ2n) is 4.76. The van der Waals surface area contributed by atoms with E-state index in [1.165, 1.54) is 49.0 Å². The van der Waals surface area contributed by atoms with E-state index in [2.05, 4.69) is 36.9 Å². The molecule has 82 valence electrons. The van der Waals surface area contributed by atoms with Crippen molar-refractivity contribution >= 4 is 0 Å². The minimum Gasteiger partial charge on any atom is -0.299 e. The number of piperidine rings is 1. The lowest BCUT2D eigenvalue weighted by atomic mass is 10.0. The van der Waals surface area contributed by atoms with Crippen LogP contribution in [0, 0.1) is 13.8 Å². The predicted molar refractivity (Wildman–Crippen MR) is 65.0 cm³/mol. The van der Waals surface area contributed by atoms with E-state index in [1.807, 2.05) is 0 Å². The van der Waals surface area contributed by atoms with Crippen LogP contribution in [0.2, 0.25) is 0 Å².